The number of hydrogen-bond donors (Lipinski definition) is 1. The van der Waals surface area contributed by atoms with Gasteiger partial charge in [0.15, 0.2) is 15.6 Å². The lowest BCUT2D eigenvalue weighted by molar-refractivity contribution is 0.0849. The van der Waals surface area contributed by atoms with Gasteiger partial charge in [-0.3, -0.25) is 4.79 Å². The second-order valence-electron chi connectivity index (χ2n) is 7.92. The summed E-state index contributed by atoms with van der Waals surface area (Å²) in [5, 5.41) is 3.14. The lowest BCUT2D eigenvalue weighted by Crippen LogP contribution is -2.38. The third-order valence-corrected chi connectivity index (χ3v) is 6.42. The highest BCUT2D eigenvalue weighted by molar-refractivity contribution is 7.90. The van der Waals surface area contributed by atoms with Crippen molar-refractivity contribution in [1.82, 2.24) is 4.57 Å². The second-order valence-corrected chi connectivity index (χ2v) is 9.94. The van der Waals surface area contributed by atoms with Crippen molar-refractivity contribution in [3.63, 3.8) is 0 Å². The topological polar surface area (TPSA) is 95.9 Å². The van der Waals surface area contributed by atoms with E-state index < -0.39 is 9.84 Å². The molecule has 1 aromatic carbocycles. The summed E-state index contributed by atoms with van der Waals surface area (Å²) < 4.78 is 43.2. The highest BCUT2D eigenvalue weighted by Crippen LogP contribution is 2.42. The fourth-order valence-corrected chi connectivity index (χ4v) is 4.11. The smallest absolute Gasteiger partial charge is 0.277 e. The van der Waals surface area contributed by atoms with Crippen LogP contribution in [0.3, 0.4) is 0 Å². The predicted molar refractivity (Wildman–Crippen MR) is 113 cm³/mol. The first-order valence-electron chi connectivity index (χ1n) is 9.88. The van der Waals surface area contributed by atoms with Crippen molar-refractivity contribution in [2.45, 2.75) is 23.8 Å². The molecule has 1 atom stereocenters. The fourth-order valence-electron chi connectivity index (χ4n) is 3.46. The van der Waals surface area contributed by atoms with Crippen molar-refractivity contribution in [2.75, 3.05) is 38.4 Å². The number of sulfone groups is 1. The van der Waals surface area contributed by atoms with Gasteiger partial charge < -0.3 is 24.1 Å². The summed E-state index contributed by atoms with van der Waals surface area (Å²) in [7, 11) is -0.189. The van der Waals surface area contributed by atoms with Gasteiger partial charge in [-0.25, -0.2) is 8.42 Å². The largest absolute Gasteiger partial charge is 0.493 e. The molecule has 8 nitrogen and oxygen atoms in total. The molecule has 1 aliphatic carbocycles. The van der Waals surface area contributed by atoms with Gasteiger partial charge in [-0.05, 0) is 37.0 Å². The number of benzene rings is 1. The number of ether oxygens (including phenoxy) is 3. The highest BCUT2D eigenvalue weighted by Gasteiger charge is 2.28. The number of nitrogens with one attached hydrogen (secondary N) is 1. The van der Waals surface area contributed by atoms with Crippen LogP contribution in [0.2, 0.25) is 0 Å². The van der Waals surface area contributed by atoms with Gasteiger partial charge >= 0.3 is 0 Å². The Morgan fingerprint density at radius 1 is 1.23 bits per heavy atom. The third-order valence-electron chi connectivity index (χ3n) is 5.31. The molecule has 9 heteroatoms. The fraction of sp³-hybridized carbons (Fsp3) is 0.476. The first kappa shape index (κ1) is 20.7. The normalized spacial score (nSPS) is 18.3. The average molecular weight is 435 g/mol. The third kappa shape index (κ3) is 4.17. The SMILES string of the molecule is COC[C@@H]1CNc2c(c(-c3cc(S(C)(=O)=O)ccc3OCC3CC3)cn(C)c2=O)O1. The van der Waals surface area contributed by atoms with Crippen molar-refractivity contribution >= 4 is 15.5 Å². The minimum Gasteiger partial charge on any atom is -0.493 e. The van der Waals surface area contributed by atoms with Crippen LogP contribution in [0.25, 0.3) is 11.1 Å². The molecular weight excluding hydrogens is 408 g/mol. The maximum absolute atomic E-state index is 12.7. The van der Waals surface area contributed by atoms with Crippen molar-refractivity contribution < 1.29 is 22.6 Å². The molecule has 1 fully saturated rings. The van der Waals surface area contributed by atoms with E-state index in [4.69, 9.17) is 14.2 Å². The van der Waals surface area contributed by atoms with Crippen LogP contribution in [0.1, 0.15) is 12.8 Å². The van der Waals surface area contributed by atoms with E-state index in [-0.39, 0.29) is 16.6 Å². The number of pyridine rings is 1. The molecule has 30 heavy (non-hydrogen) atoms. The molecule has 0 bridgehead atoms. The average Bonchev–Trinajstić information content (AvgIpc) is 3.53. The lowest BCUT2D eigenvalue weighted by atomic mass is 10.0. The van der Waals surface area contributed by atoms with Crippen molar-refractivity contribution in [1.29, 1.82) is 0 Å². The lowest BCUT2D eigenvalue weighted by Gasteiger charge is -2.29. The summed E-state index contributed by atoms with van der Waals surface area (Å²) in [5.74, 6) is 1.48. The molecule has 1 aliphatic heterocycles. The van der Waals surface area contributed by atoms with Crippen molar-refractivity contribution in [3.8, 4) is 22.6 Å². The zero-order valence-electron chi connectivity index (χ0n) is 17.3. The molecule has 2 aromatic rings. The molecule has 0 unspecified atom stereocenters. The van der Waals surface area contributed by atoms with Gasteiger partial charge in [-0.1, -0.05) is 0 Å². The van der Waals surface area contributed by atoms with E-state index in [0.717, 1.165) is 12.8 Å². The zero-order valence-corrected chi connectivity index (χ0v) is 18.1. The molecule has 0 saturated heterocycles. The minimum atomic E-state index is -3.43. The zero-order chi connectivity index (χ0) is 21.5. The standard InChI is InChI=1S/C21H26N2O6S/c1-23-10-17(20-19(21(23)24)22-9-14(29-20)12-27-2)16-8-15(30(3,25)26)6-7-18(16)28-11-13-4-5-13/h6-8,10,13-14,22H,4-5,9,11-12H2,1-3H3/t14-/m0/s1. The molecular formula is C21H26N2O6S. The van der Waals surface area contributed by atoms with Crippen LogP contribution in [0.4, 0.5) is 5.69 Å². The van der Waals surface area contributed by atoms with Crippen LogP contribution in [0.5, 0.6) is 11.5 Å². The molecule has 0 spiro atoms. The molecule has 0 radical (unpaired) electrons. The van der Waals surface area contributed by atoms with E-state index in [1.807, 2.05) is 0 Å². The summed E-state index contributed by atoms with van der Waals surface area (Å²) in [6, 6.07) is 4.80. The molecule has 1 aromatic heterocycles. The van der Waals surface area contributed by atoms with E-state index in [2.05, 4.69) is 5.32 Å². The number of anilines is 1. The highest BCUT2D eigenvalue weighted by atomic mass is 32.2. The van der Waals surface area contributed by atoms with E-state index >= 15 is 0 Å². The van der Waals surface area contributed by atoms with Crippen molar-refractivity contribution in [3.05, 3.63) is 34.7 Å². The maximum atomic E-state index is 12.7. The molecule has 1 N–H and O–H groups in total. The van der Waals surface area contributed by atoms with Gasteiger partial charge in [0.05, 0.1) is 24.7 Å². The first-order chi connectivity index (χ1) is 14.3. The number of aromatic nitrogens is 1. The van der Waals surface area contributed by atoms with Gasteiger partial charge in [0, 0.05) is 37.7 Å². The molecule has 4 rings (SSSR count). The van der Waals surface area contributed by atoms with E-state index in [9.17, 15) is 13.2 Å². The van der Waals surface area contributed by atoms with Crippen LogP contribution < -0.4 is 20.3 Å². The van der Waals surface area contributed by atoms with Gasteiger partial charge in [-0.15, -0.1) is 0 Å². The summed E-state index contributed by atoms with van der Waals surface area (Å²) in [6.45, 7) is 1.37. The number of fused-ring (bicyclic) bond motifs is 1. The Hall–Kier alpha value is -2.52. The Labute approximate surface area is 175 Å². The second kappa shape index (κ2) is 7.96. The minimum absolute atomic E-state index is 0.177. The first-order valence-corrected chi connectivity index (χ1v) is 11.8. The monoisotopic (exact) mass is 434 g/mol. The molecule has 2 heterocycles. The van der Waals surface area contributed by atoms with Gasteiger partial charge in [0.25, 0.3) is 5.56 Å². The van der Waals surface area contributed by atoms with E-state index in [1.165, 1.54) is 10.8 Å². The number of hydrogen-bond acceptors (Lipinski definition) is 7. The summed E-state index contributed by atoms with van der Waals surface area (Å²) in [6.07, 6.45) is 4.82. The Bertz CT molecular complexity index is 1120. The van der Waals surface area contributed by atoms with E-state index in [0.29, 0.717) is 54.0 Å². The maximum Gasteiger partial charge on any atom is 0.277 e. The number of aryl methyl sites for hydroxylation is 1. The van der Waals surface area contributed by atoms with Crippen LogP contribution in [-0.4, -0.2) is 52.2 Å². The summed E-state index contributed by atoms with van der Waals surface area (Å²) in [5.41, 5.74) is 1.30. The molecule has 2 aliphatic rings. The van der Waals surface area contributed by atoms with Crippen LogP contribution >= 0.6 is 0 Å². The van der Waals surface area contributed by atoms with Crippen LogP contribution in [0, 0.1) is 5.92 Å². The number of rotatable bonds is 7. The molecule has 0 amide bonds. The molecule has 162 valence electrons. The Morgan fingerprint density at radius 2 is 2.00 bits per heavy atom. The predicted octanol–water partition coefficient (Wildman–Crippen LogP) is 2.06. The summed E-state index contributed by atoms with van der Waals surface area (Å²) >= 11 is 0. The quantitative estimate of drug-likeness (QED) is 0.713. The Kier molecular flexibility index (Phi) is 5.50. The number of nitrogens with zero attached hydrogens (tertiary/aromatic N) is 1. The van der Waals surface area contributed by atoms with E-state index in [1.54, 1.807) is 38.6 Å². The van der Waals surface area contributed by atoms with Gasteiger partial charge in [-0.2, -0.15) is 0 Å². The van der Waals surface area contributed by atoms with Gasteiger partial charge in [0.1, 0.15) is 17.5 Å². The molecule has 1 saturated carbocycles. The Morgan fingerprint density at radius 3 is 2.67 bits per heavy atom. The number of methoxy groups -OCH3 is 1. The van der Waals surface area contributed by atoms with Crippen molar-refractivity contribution in [2.24, 2.45) is 13.0 Å². The van der Waals surface area contributed by atoms with Crippen LogP contribution in [0.15, 0.2) is 34.1 Å². The van der Waals surface area contributed by atoms with Gasteiger partial charge in [0.2, 0.25) is 0 Å². The van der Waals surface area contributed by atoms with Crippen LogP contribution in [-0.2, 0) is 21.6 Å². The summed E-state index contributed by atoms with van der Waals surface area (Å²) in [4.78, 5) is 12.8. The Balaban J connectivity index is 1.87.